The first-order valence-corrected chi connectivity index (χ1v) is 5.10. The molecule has 0 fully saturated rings. The summed E-state index contributed by atoms with van der Waals surface area (Å²) in [4.78, 5) is 9.65. The van der Waals surface area contributed by atoms with Gasteiger partial charge in [-0.05, 0) is 25.7 Å². The molecule has 78 valence electrons. The highest BCUT2D eigenvalue weighted by Gasteiger charge is 2.00. The molecule has 5 heteroatoms. The van der Waals surface area contributed by atoms with E-state index in [0.717, 1.165) is 0 Å². The van der Waals surface area contributed by atoms with Crippen molar-refractivity contribution in [3.05, 3.63) is 46.4 Å². The van der Waals surface area contributed by atoms with E-state index in [0.29, 0.717) is 17.7 Å². The number of ether oxygens (including phenoxy) is 1. The molecule has 0 heterocycles. The van der Waals surface area contributed by atoms with E-state index in [1.54, 1.807) is 13.0 Å². The summed E-state index contributed by atoms with van der Waals surface area (Å²) in [5.74, 6) is 0.590. The average molecular weight is 262 g/mol. The van der Waals surface area contributed by atoms with Crippen LogP contribution in [0.25, 0.3) is 0 Å². The molecule has 0 amide bonds. The quantitative estimate of drug-likeness (QED) is 0.243. The van der Waals surface area contributed by atoms with Crippen molar-refractivity contribution in [2.75, 3.05) is 11.9 Å². The van der Waals surface area contributed by atoms with E-state index in [2.05, 4.69) is 22.5 Å². The van der Waals surface area contributed by atoms with E-state index in [1.165, 1.54) is 12.2 Å². The maximum atomic E-state index is 10.2. The van der Waals surface area contributed by atoms with Gasteiger partial charge in [0.05, 0.1) is 11.5 Å². The van der Waals surface area contributed by atoms with E-state index in [-0.39, 0.29) is 5.70 Å². The van der Waals surface area contributed by atoms with Crippen LogP contribution in [0, 0.1) is 10.1 Å². The molecule has 0 aromatic carbocycles. The van der Waals surface area contributed by atoms with Crippen molar-refractivity contribution in [2.24, 2.45) is 0 Å². The van der Waals surface area contributed by atoms with E-state index in [4.69, 9.17) is 4.74 Å². The van der Waals surface area contributed by atoms with Crippen molar-refractivity contribution in [1.29, 1.82) is 0 Å². The lowest BCUT2D eigenvalue weighted by molar-refractivity contribution is -0.418. The second-order valence-corrected chi connectivity index (χ2v) is 3.10. The van der Waals surface area contributed by atoms with Crippen LogP contribution in [0.1, 0.15) is 6.92 Å². The van der Waals surface area contributed by atoms with Gasteiger partial charge in [-0.25, -0.2) is 0 Å². The predicted octanol–water partition coefficient (Wildman–Crippen LogP) is 2.65. The number of halogens is 1. The van der Waals surface area contributed by atoms with Gasteiger partial charge >= 0.3 is 0 Å². The van der Waals surface area contributed by atoms with E-state index >= 15 is 0 Å². The second-order valence-electron chi connectivity index (χ2n) is 2.31. The van der Waals surface area contributed by atoms with E-state index < -0.39 is 4.92 Å². The molecule has 0 spiro atoms. The molecule has 0 bridgehead atoms. The van der Waals surface area contributed by atoms with Crippen LogP contribution in [0.15, 0.2) is 36.3 Å². The van der Waals surface area contributed by atoms with E-state index in [9.17, 15) is 10.1 Å². The lowest BCUT2D eigenvalue weighted by atomic mass is 10.3. The molecule has 0 radical (unpaired) electrons. The Morgan fingerprint density at radius 1 is 1.64 bits per heavy atom. The molecule has 0 rings (SSSR count). The van der Waals surface area contributed by atoms with Gasteiger partial charge in [0.1, 0.15) is 5.76 Å². The molecule has 0 saturated carbocycles. The summed E-state index contributed by atoms with van der Waals surface area (Å²) in [6, 6.07) is 0. The van der Waals surface area contributed by atoms with Gasteiger partial charge in [-0.2, -0.15) is 0 Å². The van der Waals surface area contributed by atoms with Crippen LogP contribution in [-0.2, 0) is 4.74 Å². The normalized spacial score (nSPS) is 11.7. The van der Waals surface area contributed by atoms with Crippen molar-refractivity contribution in [3.63, 3.8) is 0 Å². The number of nitro groups is 1. The standard InChI is InChI=1S/C9H12BrNO3/c1-3-9(14-7-6-10)5-4-8(2)11(12)13/h3-5H,2,6-7H2,1H3/b5-4-,9-3+. The number of hydrogen-bond donors (Lipinski definition) is 0. The summed E-state index contributed by atoms with van der Waals surface area (Å²) in [6.07, 6.45) is 4.56. The largest absolute Gasteiger partial charge is 0.493 e. The van der Waals surface area contributed by atoms with Gasteiger partial charge in [0.25, 0.3) is 5.70 Å². The first-order valence-electron chi connectivity index (χ1n) is 3.98. The fourth-order valence-corrected chi connectivity index (χ4v) is 0.785. The van der Waals surface area contributed by atoms with Gasteiger partial charge in [-0.3, -0.25) is 10.1 Å². The third kappa shape index (κ3) is 5.53. The minimum atomic E-state index is -0.547. The van der Waals surface area contributed by atoms with Crippen LogP contribution in [-0.4, -0.2) is 16.9 Å². The molecule has 0 aliphatic carbocycles. The smallest absolute Gasteiger partial charge is 0.262 e. The Hall–Kier alpha value is -1.10. The Kier molecular flexibility index (Phi) is 6.74. The Bertz CT molecular complexity index is 271. The summed E-state index contributed by atoms with van der Waals surface area (Å²) < 4.78 is 5.23. The summed E-state index contributed by atoms with van der Waals surface area (Å²) >= 11 is 3.21. The maximum absolute atomic E-state index is 10.2. The van der Waals surface area contributed by atoms with Crippen LogP contribution in [0.5, 0.6) is 0 Å². The van der Waals surface area contributed by atoms with E-state index in [1.807, 2.05) is 0 Å². The SMILES string of the molecule is C=C(/C=C\C(=C/C)OCCBr)[N+](=O)[O-]. The van der Waals surface area contributed by atoms with Gasteiger partial charge in [0.2, 0.25) is 0 Å². The van der Waals surface area contributed by atoms with Crippen LogP contribution < -0.4 is 0 Å². The number of nitrogens with zero attached hydrogens (tertiary/aromatic N) is 1. The molecule has 0 saturated heterocycles. The maximum Gasteiger partial charge on any atom is 0.262 e. The molecule has 14 heavy (non-hydrogen) atoms. The highest BCUT2D eigenvalue weighted by Crippen LogP contribution is 2.03. The predicted molar refractivity (Wildman–Crippen MR) is 58.8 cm³/mol. The van der Waals surface area contributed by atoms with Crippen molar-refractivity contribution < 1.29 is 9.66 Å². The minimum Gasteiger partial charge on any atom is -0.493 e. The zero-order chi connectivity index (χ0) is 11.0. The molecule has 0 aromatic heterocycles. The number of alkyl halides is 1. The number of rotatable bonds is 6. The van der Waals surface area contributed by atoms with Gasteiger partial charge < -0.3 is 4.74 Å². The van der Waals surface area contributed by atoms with Crippen molar-refractivity contribution in [3.8, 4) is 0 Å². The summed E-state index contributed by atoms with van der Waals surface area (Å²) in [7, 11) is 0. The van der Waals surface area contributed by atoms with Crippen molar-refractivity contribution in [2.45, 2.75) is 6.92 Å². The van der Waals surface area contributed by atoms with Gasteiger partial charge in [-0.1, -0.05) is 15.9 Å². The van der Waals surface area contributed by atoms with Crippen LogP contribution in [0.2, 0.25) is 0 Å². The van der Waals surface area contributed by atoms with Crippen LogP contribution in [0.4, 0.5) is 0 Å². The number of hydrogen-bond acceptors (Lipinski definition) is 3. The fourth-order valence-electron chi connectivity index (χ4n) is 0.623. The zero-order valence-electron chi connectivity index (χ0n) is 7.90. The Balaban J connectivity index is 4.18. The molecular weight excluding hydrogens is 250 g/mol. The first-order chi connectivity index (χ1) is 6.61. The Morgan fingerprint density at radius 2 is 2.29 bits per heavy atom. The molecule has 0 aromatic rings. The molecule has 0 unspecified atom stereocenters. The molecule has 0 aliphatic heterocycles. The average Bonchev–Trinajstić information content (AvgIpc) is 2.17. The highest BCUT2D eigenvalue weighted by molar-refractivity contribution is 9.09. The van der Waals surface area contributed by atoms with Gasteiger partial charge in [0.15, 0.2) is 0 Å². The van der Waals surface area contributed by atoms with Crippen molar-refractivity contribution in [1.82, 2.24) is 0 Å². The topological polar surface area (TPSA) is 52.4 Å². The van der Waals surface area contributed by atoms with Gasteiger partial charge in [0, 0.05) is 11.4 Å². The third-order valence-electron chi connectivity index (χ3n) is 1.30. The monoisotopic (exact) mass is 261 g/mol. The molecule has 0 N–H and O–H groups in total. The molecule has 0 atom stereocenters. The lowest BCUT2D eigenvalue weighted by Crippen LogP contribution is -1.95. The summed E-state index contributed by atoms with van der Waals surface area (Å²) in [5, 5.41) is 10.9. The number of allylic oxidation sites excluding steroid dienone is 3. The molecule has 4 nitrogen and oxygen atoms in total. The Labute approximate surface area is 91.2 Å². The second kappa shape index (κ2) is 7.32. The molecule has 0 aliphatic rings. The first kappa shape index (κ1) is 12.9. The summed E-state index contributed by atoms with van der Waals surface area (Å²) in [6.45, 7) is 5.58. The van der Waals surface area contributed by atoms with Crippen molar-refractivity contribution >= 4 is 15.9 Å². The highest BCUT2D eigenvalue weighted by atomic mass is 79.9. The van der Waals surface area contributed by atoms with Crippen LogP contribution >= 0.6 is 15.9 Å². The summed E-state index contributed by atoms with van der Waals surface area (Å²) in [5.41, 5.74) is -0.160. The van der Waals surface area contributed by atoms with Gasteiger partial charge in [-0.15, -0.1) is 0 Å². The zero-order valence-corrected chi connectivity index (χ0v) is 9.49. The third-order valence-corrected chi connectivity index (χ3v) is 1.63. The Morgan fingerprint density at radius 3 is 2.71 bits per heavy atom. The lowest BCUT2D eigenvalue weighted by Gasteiger charge is -2.02. The molecular formula is C9H12BrNO3. The fraction of sp³-hybridized carbons (Fsp3) is 0.333. The van der Waals surface area contributed by atoms with Crippen LogP contribution in [0.3, 0.4) is 0 Å². The minimum absolute atomic E-state index is 0.160.